The van der Waals surface area contributed by atoms with Gasteiger partial charge in [0, 0.05) is 6.54 Å². The topological polar surface area (TPSA) is 52.3 Å². The van der Waals surface area contributed by atoms with Crippen LogP contribution in [0.5, 0.6) is 0 Å². The van der Waals surface area contributed by atoms with E-state index in [1.54, 1.807) is 0 Å². The highest BCUT2D eigenvalue weighted by Gasteiger charge is 2.40. The third-order valence-corrected chi connectivity index (χ3v) is 5.18. The first-order valence-corrected chi connectivity index (χ1v) is 8.09. The lowest BCUT2D eigenvalue weighted by atomic mass is 9.80. The molecule has 0 aromatic rings. The van der Waals surface area contributed by atoms with Crippen molar-refractivity contribution in [2.24, 2.45) is 17.1 Å². The Kier molecular flexibility index (Phi) is 5.26. The van der Waals surface area contributed by atoms with E-state index in [0.717, 1.165) is 32.1 Å². The molecule has 3 nitrogen and oxygen atoms in total. The van der Waals surface area contributed by atoms with E-state index in [9.17, 15) is 4.79 Å². The average Bonchev–Trinajstić information content (AvgIpc) is 2.67. The highest BCUT2D eigenvalue weighted by Crippen LogP contribution is 2.37. The van der Waals surface area contributed by atoms with Crippen molar-refractivity contribution in [1.29, 1.82) is 0 Å². The normalized spacial score (nSPS) is 31.5. The lowest BCUT2D eigenvalue weighted by Crippen LogP contribution is -2.42. The van der Waals surface area contributed by atoms with Gasteiger partial charge in [-0.3, -0.25) is 4.79 Å². The quantitative estimate of drug-likeness (QED) is 0.630. The minimum Gasteiger partial charge on any atom is -0.462 e. The zero-order valence-corrected chi connectivity index (χ0v) is 12.3. The van der Waals surface area contributed by atoms with E-state index >= 15 is 0 Å². The van der Waals surface area contributed by atoms with Gasteiger partial charge in [0.2, 0.25) is 0 Å². The Morgan fingerprint density at radius 3 is 2.32 bits per heavy atom. The van der Waals surface area contributed by atoms with Gasteiger partial charge in [0.1, 0.15) is 6.10 Å². The lowest BCUT2D eigenvalue weighted by Gasteiger charge is -2.34. The molecule has 2 aliphatic carbocycles. The van der Waals surface area contributed by atoms with E-state index in [2.05, 4.69) is 6.92 Å². The van der Waals surface area contributed by atoms with Crippen molar-refractivity contribution in [1.82, 2.24) is 0 Å². The van der Waals surface area contributed by atoms with Gasteiger partial charge in [-0.15, -0.1) is 0 Å². The molecule has 3 heteroatoms. The molecule has 0 amide bonds. The number of carbonyl (C=O) groups is 1. The van der Waals surface area contributed by atoms with Gasteiger partial charge in [-0.2, -0.15) is 0 Å². The lowest BCUT2D eigenvalue weighted by molar-refractivity contribution is -0.166. The molecule has 2 saturated carbocycles. The van der Waals surface area contributed by atoms with Crippen molar-refractivity contribution in [2.45, 2.75) is 77.2 Å². The van der Waals surface area contributed by atoms with Crippen LogP contribution in [0, 0.1) is 11.3 Å². The summed E-state index contributed by atoms with van der Waals surface area (Å²) in [5.41, 5.74) is 5.57. The molecular formula is C16H29NO2. The molecule has 2 N–H and O–H groups in total. The van der Waals surface area contributed by atoms with Crippen LogP contribution in [0.25, 0.3) is 0 Å². The summed E-state index contributed by atoms with van der Waals surface area (Å²) in [5.74, 6) is 0.508. The fraction of sp³-hybridized carbons (Fsp3) is 0.938. The molecule has 0 spiro atoms. The molecule has 2 rings (SSSR count). The van der Waals surface area contributed by atoms with Crippen LogP contribution in [0.3, 0.4) is 0 Å². The molecule has 2 aliphatic rings. The molecule has 0 aromatic heterocycles. The van der Waals surface area contributed by atoms with E-state index in [0.29, 0.717) is 12.5 Å². The summed E-state index contributed by atoms with van der Waals surface area (Å²) in [6.45, 7) is 2.66. The van der Waals surface area contributed by atoms with Gasteiger partial charge in [-0.25, -0.2) is 0 Å². The van der Waals surface area contributed by atoms with E-state index in [1.165, 1.54) is 32.1 Å². The number of nitrogens with two attached hydrogens (primary N) is 1. The summed E-state index contributed by atoms with van der Waals surface area (Å²) in [4.78, 5) is 12.6. The summed E-state index contributed by atoms with van der Waals surface area (Å²) < 4.78 is 5.87. The molecule has 19 heavy (non-hydrogen) atoms. The second-order valence-corrected chi connectivity index (χ2v) is 6.60. The fourth-order valence-electron chi connectivity index (χ4n) is 3.62. The van der Waals surface area contributed by atoms with E-state index in [-0.39, 0.29) is 17.5 Å². The van der Waals surface area contributed by atoms with Gasteiger partial charge in [0.05, 0.1) is 5.41 Å². The van der Waals surface area contributed by atoms with Gasteiger partial charge >= 0.3 is 5.97 Å². The van der Waals surface area contributed by atoms with E-state index < -0.39 is 0 Å². The number of rotatable bonds is 3. The average molecular weight is 267 g/mol. The number of esters is 1. The zero-order chi connectivity index (χ0) is 13.7. The number of ether oxygens (including phenoxy) is 1. The molecule has 2 atom stereocenters. The number of hydrogen-bond acceptors (Lipinski definition) is 3. The van der Waals surface area contributed by atoms with Crippen molar-refractivity contribution in [2.75, 3.05) is 6.54 Å². The first kappa shape index (κ1) is 14.8. The van der Waals surface area contributed by atoms with Crippen LogP contribution >= 0.6 is 0 Å². The van der Waals surface area contributed by atoms with Crippen molar-refractivity contribution in [3.05, 3.63) is 0 Å². The predicted molar refractivity (Wildman–Crippen MR) is 76.7 cm³/mol. The summed E-state index contributed by atoms with van der Waals surface area (Å²) in [6, 6.07) is 0. The SMILES string of the molecule is CC1CCCCC1OC(=O)C1(CN)CCCCCC1. The van der Waals surface area contributed by atoms with Gasteiger partial charge in [0.25, 0.3) is 0 Å². The Hall–Kier alpha value is -0.570. The van der Waals surface area contributed by atoms with Crippen LogP contribution < -0.4 is 5.73 Å². The van der Waals surface area contributed by atoms with Crippen molar-refractivity contribution in [3.63, 3.8) is 0 Å². The first-order valence-electron chi connectivity index (χ1n) is 8.09. The van der Waals surface area contributed by atoms with Crippen LogP contribution in [0.4, 0.5) is 0 Å². The first-order chi connectivity index (χ1) is 9.18. The Morgan fingerprint density at radius 1 is 1.11 bits per heavy atom. The molecule has 0 bridgehead atoms. The molecule has 2 unspecified atom stereocenters. The third-order valence-electron chi connectivity index (χ3n) is 5.18. The Balaban J connectivity index is 1.99. The van der Waals surface area contributed by atoms with Gasteiger partial charge in [-0.05, 0) is 38.0 Å². The third kappa shape index (κ3) is 3.50. The number of carbonyl (C=O) groups excluding carboxylic acids is 1. The Bertz CT molecular complexity index is 295. The summed E-state index contributed by atoms with van der Waals surface area (Å²) in [5, 5.41) is 0. The molecule has 110 valence electrons. The smallest absolute Gasteiger partial charge is 0.313 e. The molecule has 0 heterocycles. The summed E-state index contributed by atoms with van der Waals surface area (Å²) in [6.07, 6.45) is 11.4. The van der Waals surface area contributed by atoms with Crippen molar-refractivity contribution < 1.29 is 9.53 Å². The highest BCUT2D eigenvalue weighted by molar-refractivity contribution is 5.77. The van der Waals surface area contributed by atoms with Crippen LogP contribution in [0.15, 0.2) is 0 Å². The maximum atomic E-state index is 12.6. The van der Waals surface area contributed by atoms with Crippen LogP contribution in [0.1, 0.15) is 71.1 Å². The van der Waals surface area contributed by atoms with Gasteiger partial charge in [-0.1, -0.05) is 39.0 Å². The summed E-state index contributed by atoms with van der Waals surface area (Å²) in [7, 11) is 0. The Morgan fingerprint density at radius 2 is 1.74 bits per heavy atom. The minimum atomic E-state index is -0.381. The molecule has 0 aromatic carbocycles. The molecule has 0 aliphatic heterocycles. The van der Waals surface area contributed by atoms with Crippen LogP contribution in [-0.2, 0) is 9.53 Å². The summed E-state index contributed by atoms with van der Waals surface area (Å²) >= 11 is 0. The highest BCUT2D eigenvalue weighted by atomic mass is 16.5. The predicted octanol–water partition coefficient (Wildman–Crippen LogP) is 3.41. The molecule has 2 fully saturated rings. The van der Waals surface area contributed by atoms with Crippen molar-refractivity contribution >= 4 is 5.97 Å². The maximum Gasteiger partial charge on any atom is 0.313 e. The largest absolute Gasteiger partial charge is 0.462 e. The van der Waals surface area contributed by atoms with E-state index in [1.807, 2.05) is 0 Å². The maximum absolute atomic E-state index is 12.6. The fourth-order valence-corrected chi connectivity index (χ4v) is 3.62. The van der Waals surface area contributed by atoms with E-state index in [4.69, 9.17) is 10.5 Å². The minimum absolute atomic E-state index is 0.00403. The van der Waals surface area contributed by atoms with Crippen LogP contribution in [-0.4, -0.2) is 18.6 Å². The van der Waals surface area contributed by atoms with Gasteiger partial charge in [0.15, 0.2) is 0 Å². The molecule has 0 saturated heterocycles. The second kappa shape index (κ2) is 6.74. The second-order valence-electron chi connectivity index (χ2n) is 6.60. The Labute approximate surface area is 117 Å². The monoisotopic (exact) mass is 267 g/mol. The van der Waals surface area contributed by atoms with Crippen LogP contribution in [0.2, 0.25) is 0 Å². The standard InChI is InChI=1S/C16H29NO2/c1-13-8-4-5-9-14(13)19-15(18)16(12-17)10-6-2-3-7-11-16/h13-14H,2-12,17H2,1H3. The van der Waals surface area contributed by atoms with Gasteiger partial charge < -0.3 is 10.5 Å². The number of hydrogen-bond donors (Lipinski definition) is 1. The zero-order valence-electron chi connectivity index (χ0n) is 12.3. The molecular weight excluding hydrogens is 238 g/mol. The molecule has 0 radical (unpaired) electrons. The van der Waals surface area contributed by atoms with Crippen molar-refractivity contribution in [3.8, 4) is 0 Å².